The first-order chi connectivity index (χ1) is 15.2. The molecule has 3 N–H and O–H groups in total. The zero-order chi connectivity index (χ0) is 23.3. The molecule has 32 heavy (non-hydrogen) atoms. The molecule has 1 aliphatic heterocycles. The highest BCUT2D eigenvalue weighted by Gasteiger charge is 2.61. The monoisotopic (exact) mass is 445 g/mol. The van der Waals surface area contributed by atoms with Gasteiger partial charge in [0.1, 0.15) is 0 Å². The molecule has 5 atom stereocenters. The van der Waals surface area contributed by atoms with Crippen LogP contribution in [0.3, 0.4) is 0 Å². The molecule has 182 valence electrons. The molecule has 4 aliphatic rings. The summed E-state index contributed by atoms with van der Waals surface area (Å²) in [4.78, 5) is 12.7. The quantitative estimate of drug-likeness (QED) is 0.267. The lowest BCUT2D eigenvalue weighted by molar-refractivity contribution is -0.146. The lowest BCUT2D eigenvalue weighted by atomic mass is 9.44. The van der Waals surface area contributed by atoms with Crippen molar-refractivity contribution in [3.8, 4) is 0 Å². The third kappa shape index (κ3) is 6.24. The Hall–Kier alpha value is -1.17. The topological polar surface area (TPSA) is 62.4 Å². The van der Waals surface area contributed by atoms with Gasteiger partial charge < -0.3 is 20.6 Å². The van der Waals surface area contributed by atoms with Crippen LogP contribution in [-0.2, 0) is 9.45 Å². The number of hydrogen-bond donors (Lipinski definition) is 3. The maximum absolute atomic E-state index is 12.7. The summed E-state index contributed by atoms with van der Waals surface area (Å²) in [6.45, 7) is 16.9. The van der Waals surface area contributed by atoms with Crippen molar-refractivity contribution < 1.29 is 9.45 Å². The van der Waals surface area contributed by atoms with E-state index in [0.717, 1.165) is 37.4 Å². The van der Waals surface area contributed by atoms with Gasteiger partial charge in [0.25, 0.3) is 0 Å². The number of amides is 1. The molecule has 4 unspecified atom stereocenters. The second-order valence-corrected chi connectivity index (χ2v) is 11.7. The number of carbonyl (C=O) groups excluding carboxylic acids is 1. The van der Waals surface area contributed by atoms with Crippen molar-refractivity contribution in [2.24, 2.45) is 29.1 Å². The van der Waals surface area contributed by atoms with E-state index in [2.05, 4.69) is 57.1 Å². The van der Waals surface area contributed by atoms with E-state index in [4.69, 9.17) is 4.65 Å². The van der Waals surface area contributed by atoms with Crippen LogP contribution in [0.5, 0.6) is 0 Å². The van der Waals surface area contributed by atoms with Gasteiger partial charge in [-0.05, 0) is 61.1 Å². The Kier molecular flexibility index (Phi) is 9.00. The van der Waals surface area contributed by atoms with Crippen LogP contribution in [0.25, 0.3) is 0 Å². The number of carbonyl (C=O) groups is 1. The van der Waals surface area contributed by atoms with E-state index in [-0.39, 0.29) is 25.3 Å². The lowest BCUT2D eigenvalue weighted by Crippen LogP contribution is -2.57. The Morgan fingerprint density at radius 1 is 1.16 bits per heavy atom. The van der Waals surface area contributed by atoms with E-state index in [0.29, 0.717) is 29.3 Å². The van der Waals surface area contributed by atoms with Crippen molar-refractivity contribution >= 4 is 12.8 Å². The summed E-state index contributed by atoms with van der Waals surface area (Å²) < 4.78 is 6.67. The second kappa shape index (κ2) is 11.3. The third-order valence-electron chi connectivity index (χ3n) is 8.46. The lowest BCUT2D eigenvalue weighted by Gasteiger charge is -2.61. The van der Waals surface area contributed by atoms with E-state index in [9.17, 15) is 4.79 Å². The fraction of sp³-hybridized carbons (Fsp3) is 0.885. The zero-order valence-corrected chi connectivity index (χ0v) is 21.3. The fourth-order valence-corrected chi connectivity index (χ4v) is 6.38. The first-order valence-corrected chi connectivity index (χ1v) is 13.3. The van der Waals surface area contributed by atoms with Crippen LogP contribution < -0.4 is 16.0 Å². The normalized spacial score (nSPS) is 28.6. The highest BCUT2D eigenvalue weighted by molar-refractivity contribution is 6.55. The highest BCUT2D eigenvalue weighted by atomic mass is 16.5. The van der Waals surface area contributed by atoms with Gasteiger partial charge in [-0.25, -0.2) is 0 Å². The van der Waals surface area contributed by atoms with E-state index < -0.39 is 0 Å². The summed E-state index contributed by atoms with van der Waals surface area (Å²) >= 11 is 0. The van der Waals surface area contributed by atoms with E-state index in [1.54, 1.807) is 0 Å². The van der Waals surface area contributed by atoms with Gasteiger partial charge in [0.2, 0.25) is 5.91 Å². The summed E-state index contributed by atoms with van der Waals surface area (Å²) in [5.74, 6) is 3.63. The van der Waals surface area contributed by atoms with E-state index in [1.807, 2.05) is 0 Å². The van der Waals surface area contributed by atoms with Crippen LogP contribution in [0.15, 0.2) is 12.4 Å². The maximum atomic E-state index is 12.7. The summed E-state index contributed by atoms with van der Waals surface area (Å²) in [6.07, 6.45) is 11.3. The van der Waals surface area contributed by atoms with Gasteiger partial charge in [0.15, 0.2) is 0 Å². The average molecular weight is 446 g/mol. The van der Waals surface area contributed by atoms with Gasteiger partial charge in [-0.3, -0.25) is 4.79 Å². The zero-order valence-electron chi connectivity index (χ0n) is 21.3. The first-order valence-electron chi connectivity index (χ1n) is 13.3. The minimum Gasteiger partial charge on any atom is -0.430 e. The minimum absolute atomic E-state index is 0.0321. The molecule has 1 saturated heterocycles. The van der Waals surface area contributed by atoms with Gasteiger partial charge in [-0.15, -0.1) is 0 Å². The van der Waals surface area contributed by atoms with Crippen molar-refractivity contribution in [3.05, 3.63) is 12.4 Å². The Balaban J connectivity index is 1.42. The third-order valence-corrected chi connectivity index (χ3v) is 8.46. The van der Waals surface area contributed by atoms with Crippen LogP contribution in [0.1, 0.15) is 86.0 Å². The van der Waals surface area contributed by atoms with Crippen LogP contribution >= 0.6 is 0 Å². The predicted molar refractivity (Wildman–Crippen MR) is 134 cm³/mol. The van der Waals surface area contributed by atoms with Crippen molar-refractivity contribution in [2.45, 2.75) is 104 Å². The summed E-state index contributed by atoms with van der Waals surface area (Å²) in [5, 5.41) is 9.75. The molecule has 5 nitrogen and oxygen atoms in total. The molecule has 0 radical (unpaired) electrons. The molecule has 2 bridgehead atoms. The van der Waals surface area contributed by atoms with E-state index in [1.165, 1.54) is 38.5 Å². The molecule has 3 saturated carbocycles. The Morgan fingerprint density at radius 3 is 2.59 bits per heavy atom. The maximum Gasteiger partial charge on any atom is 0.316 e. The molecular formula is C26H48BN3O2. The van der Waals surface area contributed by atoms with Crippen LogP contribution in [0.2, 0.25) is 6.32 Å². The van der Waals surface area contributed by atoms with Gasteiger partial charge in [-0.1, -0.05) is 66.9 Å². The molecule has 3 aliphatic carbocycles. The van der Waals surface area contributed by atoms with Gasteiger partial charge in [0, 0.05) is 18.6 Å². The molecule has 0 aromatic rings. The predicted octanol–water partition coefficient (Wildman–Crippen LogP) is 4.75. The molecule has 0 spiro atoms. The molecule has 4 rings (SSSR count). The second-order valence-electron chi connectivity index (χ2n) is 11.7. The first kappa shape index (κ1) is 25.5. The van der Waals surface area contributed by atoms with E-state index >= 15 is 0 Å². The Bertz CT molecular complexity index is 639. The summed E-state index contributed by atoms with van der Waals surface area (Å²) in [5.41, 5.74) is 0.431. The minimum atomic E-state index is 0.0321. The number of nitrogens with one attached hydrogen (secondary N) is 3. The van der Waals surface area contributed by atoms with Gasteiger partial charge in [0.05, 0.1) is 12.4 Å². The fourth-order valence-electron chi connectivity index (χ4n) is 6.38. The molecule has 0 aromatic heterocycles. The van der Waals surface area contributed by atoms with Gasteiger partial charge >= 0.3 is 6.92 Å². The summed E-state index contributed by atoms with van der Waals surface area (Å²) in [7, 11) is 0. The summed E-state index contributed by atoms with van der Waals surface area (Å²) in [6, 6.07) is 0. The van der Waals surface area contributed by atoms with Crippen molar-refractivity contribution in [3.63, 3.8) is 0 Å². The highest BCUT2D eigenvalue weighted by Crippen LogP contribution is 2.63. The number of hydrogen-bond acceptors (Lipinski definition) is 4. The van der Waals surface area contributed by atoms with Crippen LogP contribution in [-0.4, -0.2) is 38.0 Å². The number of rotatable bonds is 14. The smallest absolute Gasteiger partial charge is 0.316 e. The molecule has 4 fully saturated rings. The SMILES string of the molecule is C=C(NCCCCCCC)NCC(=O)NC(CC(C)C)B1CC2CC3CC([C@@H]2O1)C3(C)C. The van der Waals surface area contributed by atoms with Crippen LogP contribution in [0.4, 0.5) is 0 Å². The van der Waals surface area contributed by atoms with Gasteiger partial charge in [-0.2, -0.15) is 0 Å². The molecule has 1 amide bonds. The molecular weight excluding hydrogens is 397 g/mol. The molecule has 6 heteroatoms. The van der Waals surface area contributed by atoms with Crippen LogP contribution in [0, 0.1) is 29.1 Å². The molecule has 1 heterocycles. The Labute approximate surface area is 197 Å². The standard InChI is InChI=1S/C26H48BN3O2/c1-7-8-9-10-11-12-28-19(4)29-17-24(31)30-23(13-18(2)3)27-16-20-14-21-15-22(25(20)32-27)26(21,5)6/h18,20-23,25,28-29H,4,7-17H2,1-3,5-6H3,(H,30,31)/t20?,21?,22?,23?,25-/m1/s1. The van der Waals surface area contributed by atoms with Crippen molar-refractivity contribution in [1.82, 2.24) is 16.0 Å². The molecule has 0 aromatic carbocycles. The largest absolute Gasteiger partial charge is 0.430 e. The average Bonchev–Trinajstić information content (AvgIpc) is 3.18. The van der Waals surface area contributed by atoms with Crippen molar-refractivity contribution in [2.75, 3.05) is 13.1 Å². The number of unbranched alkanes of at least 4 members (excludes halogenated alkanes) is 4. The Morgan fingerprint density at radius 2 is 1.91 bits per heavy atom. The van der Waals surface area contributed by atoms with Crippen molar-refractivity contribution in [1.29, 1.82) is 0 Å².